The maximum atomic E-state index is 12.3. The molecule has 1 aliphatic heterocycles. The molecule has 1 aliphatic rings. The van der Waals surface area contributed by atoms with E-state index < -0.39 is 0 Å². The molecule has 0 spiro atoms. The van der Waals surface area contributed by atoms with E-state index in [4.69, 9.17) is 5.73 Å². The number of hydrogen-bond donors (Lipinski definition) is 1. The Bertz CT molecular complexity index is 493. The number of carbonyl (C=O) groups is 1. The van der Waals surface area contributed by atoms with Crippen LogP contribution in [0.4, 0.5) is 0 Å². The monoisotopic (exact) mass is 402 g/mol. The van der Waals surface area contributed by atoms with Crippen LogP contribution in [0, 0.1) is 0 Å². The normalized spacial score (nSPS) is 23.8. The lowest BCUT2D eigenvalue weighted by Gasteiger charge is -2.34. The van der Waals surface area contributed by atoms with E-state index >= 15 is 0 Å². The molecule has 20 heavy (non-hydrogen) atoms. The Morgan fingerprint density at radius 1 is 1.35 bits per heavy atom. The molecule has 110 valence electrons. The minimum Gasteiger partial charge on any atom is -0.334 e. The summed E-state index contributed by atoms with van der Waals surface area (Å²) in [7, 11) is 0. The van der Waals surface area contributed by atoms with Gasteiger partial charge in [-0.3, -0.25) is 4.79 Å². The van der Waals surface area contributed by atoms with Crippen LogP contribution in [-0.4, -0.2) is 23.4 Å². The Morgan fingerprint density at radius 3 is 2.75 bits per heavy atom. The summed E-state index contributed by atoms with van der Waals surface area (Å²) in [6, 6.07) is 6.11. The first kappa shape index (κ1) is 16.0. The minimum absolute atomic E-state index is 0.000996. The molecule has 5 heteroatoms. The van der Waals surface area contributed by atoms with Gasteiger partial charge in [0.2, 0.25) is 5.91 Å². The third-order valence-electron chi connectivity index (χ3n) is 3.74. The van der Waals surface area contributed by atoms with E-state index in [1.807, 2.05) is 11.0 Å². The highest BCUT2D eigenvalue weighted by Gasteiger charge is 2.32. The predicted octanol–water partition coefficient (Wildman–Crippen LogP) is 4.00. The number of amides is 1. The average molecular weight is 404 g/mol. The molecule has 2 N–H and O–H groups in total. The number of halogens is 2. The molecule has 0 bridgehead atoms. The van der Waals surface area contributed by atoms with Crippen molar-refractivity contribution in [2.45, 2.75) is 44.7 Å². The van der Waals surface area contributed by atoms with Crippen molar-refractivity contribution in [1.82, 2.24) is 4.90 Å². The van der Waals surface area contributed by atoms with Crippen molar-refractivity contribution in [2.75, 3.05) is 6.54 Å². The van der Waals surface area contributed by atoms with Gasteiger partial charge in [-0.2, -0.15) is 0 Å². The Kier molecular flexibility index (Phi) is 5.64. The lowest BCUT2D eigenvalue weighted by molar-refractivity contribution is -0.133. The van der Waals surface area contributed by atoms with Gasteiger partial charge in [0.15, 0.2) is 0 Å². The first-order chi connectivity index (χ1) is 9.54. The van der Waals surface area contributed by atoms with Crippen LogP contribution in [0.2, 0.25) is 0 Å². The van der Waals surface area contributed by atoms with Crippen LogP contribution < -0.4 is 5.73 Å². The fourth-order valence-corrected chi connectivity index (χ4v) is 3.45. The van der Waals surface area contributed by atoms with Crippen LogP contribution in [0.25, 0.3) is 0 Å². The van der Waals surface area contributed by atoms with Gasteiger partial charge >= 0.3 is 0 Å². The summed E-state index contributed by atoms with van der Waals surface area (Å²) in [6.07, 6.45) is 3.34. The number of carbonyl (C=O) groups excluding carboxylic acids is 1. The van der Waals surface area contributed by atoms with Gasteiger partial charge in [0.05, 0.1) is 6.04 Å². The van der Waals surface area contributed by atoms with Crippen LogP contribution in [-0.2, 0) is 4.79 Å². The van der Waals surface area contributed by atoms with Crippen molar-refractivity contribution in [1.29, 1.82) is 0 Å². The van der Waals surface area contributed by atoms with E-state index in [0.29, 0.717) is 6.42 Å². The molecule has 3 nitrogen and oxygen atoms in total. The quantitative estimate of drug-likeness (QED) is 0.828. The number of likely N-dealkylation sites (tertiary alicyclic amines) is 1. The van der Waals surface area contributed by atoms with Gasteiger partial charge in [-0.05, 0) is 68.8 Å². The van der Waals surface area contributed by atoms with Crippen LogP contribution in [0.1, 0.15) is 44.2 Å². The highest BCUT2D eigenvalue weighted by atomic mass is 79.9. The smallest absolute Gasteiger partial charge is 0.223 e. The highest BCUT2D eigenvalue weighted by Crippen LogP contribution is 2.33. The molecule has 2 atom stereocenters. The van der Waals surface area contributed by atoms with Gasteiger partial charge in [0.1, 0.15) is 0 Å². The Morgan fingerprint density at radius 2 is 2.10 bits per heavy atom. The van der Waals surface area contributed by atoms with Crippen LogP contribution in [0.3, 0.4) is 0 Å². The number of nitrogens with zero attached hydrogens (tertiary/aromatic N) is 1. The molecule has 1 amide bonds. The van der Waals surface area contributed by atoms with Crippen molar-refractivity contribution >= 4 is 37.8 Å². The van der Waals surface area contributed by atoms with Gasteiger partial charge in [0.25, 0.3) is 0 Å². The van der Waals surface area contributed by atoms with E-state index in [2.05, 4.69) is 50.9 Å². The van der Waals surface area contributed by atoms with Gasteiger partial charge < -0.3 is 10.6 Å². The zero-order valence-corrected chi connectivity index (χ0v) is 14.8. The summed E-state index contributed by atoms with van der Waals surface area (Å²) in [5, 5.41) is 0. The molecule has 1 heterocycles. The van der Waals surface area contributed by atoms with Crippen molar-refractivity contribution in [3.63, 3.8) is 0 Å². The number of rotatable bonds is 3. The second kappa shape index (κ2) is 7.05. The molecule has 0 aliphatic carbocycles. The Labute approximate surface area is 137 Å². The zero-order chi connectivity index (χ0) is 14.7. The van der Waals surface area contributed by atoms with E-state index in [9.17, 15) is 4.79 Å². The number of nitrogens with two attached hydrogens (primary N) is 1. The molecule has 2 rings (SSSR count). The third-order valence-corrected chi connectivity index (χ3v) is 5.62. The first-order valence-corrected chi connectivity index (χ1v) is 8.63. The highest BCUT2D eigenvalue weighted by molar-refractivity contribution is 9.13. The molecule has 1 aromatic rings. The summed E-state index contributed by atoms with van der Waals surface area (Å²) in [4.78, 5) is 14.3. The Hall–Kier alpha value is -0.390. The lowest BCUT2D eigenvalue weighted by atomic mass is 9.96. The molecule has 1 aromatic carbocycles. The van der Waals surface area contributed by atoms with E-state index in [1.54, 1.807) is 0 Å². The summed E-state index contributed by atoms with van der Waals surface area (Å²) >= 11 is 7.02. The second-order valence-electron chi connectivity index (χ2n) is 5.26. The van der Waals surface area contributed by atoms with Crippen LogP contribution >= 0.6 is 31.9 Å². The first-order valence-electron chi connectivity index (χ1n) is 7.04. The van der Waals surface area contributed by atoms with Crippen molar-refractivity contribution in [3.8, 4) is 0 Å². The van der Waals surface area contributed by atoms with Crippen LogP contribution in [0.5, 0.6) is 0 Å². The van der Waals surface area contributed by atoms with Gasteiger partial charge in [-0.25, -0.2) is 0 Å². The van der Waals surface area contributed by atoms with Crippen molar-refractivity contribution in [3.05, 3.63) is 32.7 Å². The predicted molar refractivity (Wildman–Crippen MR) is 88.4 cm³/mol. The molecule has 2 unspecified atom stereocenters. The topological polar surface area (TPSA) is 46.3 Å². The largest absolute Gasteiger partial charge is 0.334 e. The van der Waals surface area contributed by atoms with Gasteiger partial charge in [-0.15, -0.1) is 0 Å². The third kappa shape index (κ3) is 3.43. The summed E-state index contributed by atoms with van der Waals surface area (Å²) in [6.45, 7) is 2.86. The van der Waals surface area contributed by atoms with Gasteiger partial charge in [0, 0.05) is 28.0 Å². The molecular weight excluding hydrogens is 384 g/mol. The maximum absolute atomic E-state index is 12.3. The average Bonchev–Trinajstić information content (AvgIpc) is 2.54. The molecule has 1 saturated heterocycles. The molecule has 0 radical (unpaired) electrons. The van der Waals surface area contributed by atoms with Crippen LogP contribution in [0.15, 0.2) is 27.1 Å². The molecule has 0 saturated carbocycles. The van der Waals surface area contributed by atoms with E-state index in [-0.39, 0.29) is 18.0 Å². The molecule has 0 aromatic heterocycles. The van der Waals surface area contributed by atoms with Crippen molar-refractivity contribution < 1.29 is 4.79 Å². The van der Waals surface area contributed by atoms with E-state index in [1.165, 1.54) is 0 Å². The number of benzene rings is 1. The molecular formula is C15H20Br2N2O. The van der Waals surface area contributed by atoms with E-state index in [0.717, 1.165) is 40.3 Å². The molecule has 1 fully saturated rings. The minimum atomic E-state index is -0.0191. The van der Waals surface area contributed by atoms with Gasteiger partial charge in [-0.1, -0.05) is 13.0 Å². The zero-order valence-electron chi connectivity index (χ0n) is 11.6. The fraction of sp³-hybridized carbons (Fsp3) is 0.533. The standard InChI is InChI=1S/C15H20Br2N2O/c1-2-8-19-14(20)5-3-4-13(18)15(19)10-6-7-11(16)12(17)9-10/h6-7,9,13,15H,2-5,8,18H2,1H3. The second-order valence-corrected chi connectivity index (χ2v) is 6.97. The summed E-state index contributed by atoms with van der Waals surface area (Å²) in [5.41, 5.74) is 7.47. The lowest BCUT2D eigenvalue weighted by Crippen LogP contribution is -2.42. The maximum Gasteiger partial charge on any atom is 0.223 e. The Balaban J connectivity index is 2.40. The summed E-state index contributed by atoms with van der Waals surface area (Å²) in [5.74, 6) is 0.226. The fourth-order valence-electron chi connectivity index (χ4n) is 2.80. The SMILES string of the molecule is CCCN1C(=O)CCCC(N)C1c1ccc(Br)c(Br)c1. The number of hydrogen-bond acceptors (Lipinski definition) is 2. The van der Waals surface area contributed by atoms with Crippen molar-refractivity contribution in [2.24, 2.45) is 5.73 Å². The summed E-state index contributed by atoms with van der Waals surface area (Å²) < 4.78 is 2.01.